The maximum absolute atomic E-state index is 8.76. The van der Waals surface area contributed by atoms with Gasteiger partial charge in [0.1, 0.15) is 4.34 Å². The minimum Gasteiger partial charge on any atom is -0.392 e. The first-order valence-corrected chi connectivity index (χ1v) is 5.35. The van der Waals surface area contributed by atoms with Crippen LogP contribution in [-0.2, 0) is 0 Å². The maximum Gasteiger partial charge on any atom is 0.108 e. The molecule has 0 atom stereocenters. The molecule has 0 saturated carbocycles. The number of halogens is 2. The van der Waals surface area contributed by atoms with Gasteiger partial charge in [0.25, 0.3) is 0 Å². The molecule has 1 aromatic rings. The lowest BCUT2D eigenvalue weighted by Crippen LogP contribution is -1.81. The zero-order valence-corrected chi connectivity index (χ0v) is 9.63. The predicted octanol–water partition coefficient (Wildman–Crippen LogP) is 3.56. The van der Waals surface area contributed by atoms with Crippen molar-refractivity contribution in [3.8, 4) is 0 Å². The van der Waals surface area contributed by atoms with E-state index < -0.39 is 0 Å². The van der Waals surface area contributed by atoms with Gasteiger partial charge in [0.2, 0.25) is 0 Å². The van der Waals surface area contributed by atoms with E-state index in [1.165, 1.54) is 11.3 Å². The van der Waals surface area contributed by atoms with Crippen LogP contribution in [0.3, 0.4) is 0 Å². The van der Waals surface area contributed by atoms with E-state index in [1.807, 2.05) is 19.1 Å². The second kappa shape index (κ2) is 4.42. The van der Waals surface area contributed by atoms with Gasteiger partial charge in [-0.25, -0.2) is 0 Å². The predicted molar refractivity (Wildman–Crippen MR) is 57.8 cm³/mol. The summed E-state index contributed by atoms with van der Waals surface area (Å²) in [5, 5.41) is 8.76. The summed E-state index contributed by atoms with van der Waals surface area (Å²) in [6.45, 7) is 1.97. The summed E-state index contributed by atoms with van der Waals surface area (Å²) in [7, 11) is 0. The molecule has 0 radical (unpaired) electrons. The van der Waals surface area contributed by atoms with Crippen molar-refractivity contribution in [2.24, 2.45) is 0 Å². The largest absolute Gasteiger partial charge is 0.392 e. The highest BCUT2D eigenvalue weighted by Crippen LogP contribution is 2.32. The van der Waals surface area contributed by atoms with Gasteiger partial charge in [0.15, 0.2) is 0 Å². The van der Waals surface area contributed by atoms with Gasteiger partial charge in [0, 0.05) is 9.35 Å². The Labute approximate surface area is 88.8 Å². The minimum atomic E-state index is 0.0904. The zero-order chi connectivity index (χ0) is 9.14. The Morgan fingerprint density at radius 2 is 2.50 bits per heavy atom. The zero-order valence-electron chi connectivity index (χ0n) is 6.47. The Morgan fingerprint density at radius 3 is 2.92 bits per heavy atom. The van der Waals surface area contributed by atoms with E-state index >= 15 is 0 Å². The van der Waals surface area contributed by atoms with E-state index in [0.29, 0.717) is 0 Å². The van der Waals surface area contributed by atoms with Crippen LogP contribution in [0.1, 0.15) is 11.8 Å². The lowest BCUT2D eigenvalue weighted by atomic mass is 10.3. The van der Waals surface area contributed by atoms with Crippen LogP contribution in [0.5, 0.6) is 0 Å². The lowest BCUT2D eigenvalue weighted by Gasteiger charge is -1.90. The first-order chi connectivity index (χ1) is 5.63. The molecule has 0 fully saturated rings. The number of hydrogen-bond acceptors (Lipinski definition) is 2. The molecule has 0 unspecified atom stereocenters. The molecule has 1 heterocycles. The molecule has 0 bridgehead atoms. The van der Waals surface area contributed by atoms with E-state index in [4.69, 9.17) is 16.7 Å². The van der Waals surface area contributed by atoms with Crippen LogP contribution < -0.4 is 0 Å². The number of aliphatic hydroxyl groups excluding tert-OH is 1. The summed E-state index contributed by atoms with van der Waals surface area (Å²) in [4.78, 5) is 1.05. The van der Waals surface area contributed by atoms with Gasteiger partial charge >= 0.3 is 0 Å². The Kier molecular flexibility index (Phi) is 3.77. The van der Waals surface area contributed by atoms with Crippen molar-refractivity contribution in [2.45, 2.75) is 6.92 Å². The van der Waals surface area contributed by atoms with Crippen LogP contribution in [0, 0.1) is 0 Å². The number of rotatable bonds is 2. The van der Waals surface area contributed by atoms with Crippen LogP contribution in [0.15, 0.2) is 16.1 Å². The SMILES string of the molecule is C/C(=C\c1cc(Br)c(Cl)s1)CO. The average Bonchev–Trinajstić information content (AvgIpc) is 2.31. The smallest absolute Gasteiger partial charge is 0.108 e. The molecule has 0 aliphatic carbocycles. The molecule has 1 rings (SSSR count). The Morgan fingerprint density at radius 1 is 1.83 bits per heavy atom. The van der Waals surface area contributed by atoms with E-state index in [1.54, 1.807) is 0 Å². The standard InChI is InChI=1S/C8H8BrClOS/c1-5(4-11)2-6-3-7(9)8(10)12-6/h2-3,11H,4H2,1H3/b5-2+. The maximum atomic E-state index is 8.76. The quantitative estimate of drug-likeness (QED) is 0.869. The minimum absolute atomic E-state index is 0.0904. The summed E-state index contributed by atoms with van der Waals surface area (Å²) in [6, 6.07) is 1.94. The van der Waals surface area contributed by atoms with Gasteiger partial charge in [-0.3, -0.25) is 0 Å². The van der Waals surface area contributed by atoms with Crippen LogP contribution in [0.2, 0.25) is 4.34 Å². The van der Waals surface area contributed by atoms with Crippen LogP contribution in [0.4, 0.5) is 0 Å². The highest BCUT2D eigenvalue weighted by molar-refractivity contribution is 9.10. The molecule has 0 aromatic carbocycles. The van der Waals surface area contributed by atoms with E-state index in [0.717, 1.165) is 19.3 Å². The van der Waals surface area contributed by atoms with E-state index in [-0.39, 0.29) is 6.61 Å². The van der Waals surface area contributed by atoms with Crippen molar-refractivity contribution in [1.29, 1.82) is 0 Å². The monoisotopic (exact) mass is 266 g/mol. The molecule has 0 saturated heterocycles. The van der Waals surface area contributed by atoms with Crippen LogP contribution in [-0.4, -0.2) is 11.7 Å². The first-order valence-electron chi connectivity index (χ1n) is 3.36. The molecule has 1 N–H and O–H groups in total. The fourth-order valence-electron chi connectivity index (χ4n) is 0.723. The average molecular weight is 268 g/mol. The van der Waals surface area contributed by atoms with Gasteiger partial charge in [-0.15, -0.1) is 11.3 Å². The third-order valence-electron chi connectivity index (χ3n) is 1.30. The molecule has 0 aliphatic rings. The molecule has 1 aromatic heterocycles. The fraction of sp³-hybridized carbons (Fsp3) is 0.250. The molecular weight excluding hydrogens is 260 g/mol. The second-order valence-corrected chi connectivity index (χ2v) is 4.96. The number of aliphatic hydroxyl groups is 1. The summed E-state index contributed by atoms with van der Waals surface area (Å²) in [6.07, 6.45) is 1.92. The number of hydrogen-bond donors (Lipinski definition) is 1. The third-order valence-corrected chi connectivity index (χ3v) is 3.72. The van der Waals surface area contributed by atoms with Crippen LogP contribution in [0.25, 0.3) is 6.08 Å². The Bertz CT molecular complexity index is 287. The van der Waals surface area contributed by atoms with Crippen molar-refractivity contribution < 1.29 is 5.11 Å². The van der Waals surface area contributed by atoms with Crippen molar-refractivity contribution >= 4 is 44.9 Å². The summed E-state index contributed by atoms with van der Waals surface area (Å²) < 4.78 is 1.65. The lowest BCUT2D eigenvalue weighted by molar-refractivity contribution is 0.332. The third kappa shape index (κ3) is 2.59. The molecule has 66 valence electrons. The molecule has 1 nitrogen and oxygen atoms in total. The van der Waals surface area contributed by atoms with Gasteiger partial charge < -0.3 is 5.11 Å². The van der Waals surface area contributed by atoms with Crippen molar-refractivity contribution in [3.05, 3.63) is 25.3 Å². The second-order valence-electron chi connectivity index (χ2n) is 2.42. The van der Waals surface area contributed by atoms with Gasteiger partial charge in [-0.1, -0.05) is 11.6 Å². The van der Waals surface area contributed by atoms with Crippen molar-refractivity contribution in [1.82, 2.24) is 0 Å². The normalized spacial score (nSPS) is 12.2. The molecule has 0 spiro atoms. The van der Waals surface area contributed by atoms with Gasteiger partial charge in [-0.05, 0) is 40.6 Å². The van der Waals surface area contributed by atoms with Crippen molar-refractivity contribution in [2.75, 3.05) is 6.61 Å². The van der Waals surface area contributed by atoms with Gasteiger partial charge in [0.05, 0.1) is 6.61 Å². The number of thiophene rings is 1. The molecule has 0 aliphatic heterocycles. The molecule has 0 amide bonds. The van der Waals surface area contributed by atoms with Crippen molar-refractivity contribution in [3.63, 3.8) is 0 Å². The van der Waals surface area contributed by atoms with E-state index in [9.17, 15) is 0 Å². The Balaban J connectivity index is 2.90. The van der Waals surface area contributed by atoms with Crippen LogP contribution >= 0.6 is 38.9 Å². The van der Waals surface area contributed by atoms with E-state index in [2.05, 4.69) is 15.9 Å². The Hall–Kier alpha value is 0.170. The topological polar surface area (TPSA) is 20.2 Å². The fourth-order valence-corrected chi connectivity index (χ4v) is 2.49. The molecule has 4 heteroatoms. The summed E-state index contributed by atoms with van der Waals surface area (Å²) in [5.74, 6) is 0. The summed E-state index contributed by atoms with van der Waals surface area (Å²) >= 11 is 10.6. The molecule has 12 heavy (non-hydrogen) atoms. The summed E-state index contributed by atoms with van der Waals surface area (Å²) in [5.41, 5.74) is 0.931. The molecular formula is C8H8BrClOS. The van der Waals surface area contributed by atoms with Gasteiger partial charge in [-0.2, -0.15) is 0 Å². The first kappa shape index (κ1) is 10.3. The highest BCUT2D eigenvalue weighted by Gasteiger charge is 2.01. The highest BCUT2D eigenvalue weighted by atomic mass is 79.9.